The number of hydrogen-bond donors (Lipinski definition) is 1. The van der Waals surface area contributed by atoms with Crippen molar-refractivity contribution >= 4 is 17.9 Å². The molecule has 1 fully saturated rings. The lowest BCUT2D eigenvalue weighted by Gasteiger charge is -2.34. The molecular weight excluding hydrogens is 342 g/mol. The van der Waals surface area contributed by atoms with E-state index in [0.717, 1.165) is 19.6 Å². The van der Waals surface area contributed by atoms with E-state index in [1.807, 2.05) is 18.2 Å². The van der Waals surface area contributed by atoms with Crippen LogP contribution in [0.4, 0.5) is 0 Å². The first-order chi connectivity index (χ1) is 13.2. The summed E-state index contributed by atoms with van der Waals surface area (Å²) in [4.78, 5) is 36.1. The molecule has 2 heterocycles. The topological polar surface area (TPSA) is 78.4 Å². The van der Waals surface area contributed by atoms with E-state index in [1.165, 1.54) is 24.2 Å². The smallest absolute Gasteiger partial charge is 0.271 e. The summed E-state index contributed by atoms with van der Waals surface area (Å²) in [5.74, 6) is -0.465. The van der Waals surface area contributed by atoms with Gasteiger partial charge in [0.25, 0.3) is 5.91 Å². The minimum Gasteiger partial charge on any atom is -0.342 e. The van der Waals surface area contributed by atoms with E-state index >= 15 is 0 Å². The third-order valence-corrected chi connectivity index (χ3v) is 4.39. The summed E-state index contributed by atoms with van der Waals surface area (Å²) in [6, 6.07) is 10.2. The van der Waals surface area contributed by atoms with Crippen LogP contribution in [0.15, 0.2) is 55.0 Å². The number of piperazine rings is 1. The van der Waals surface area contributed by atoms with E-state index in [4.69, 9.17) is 0 Å². The molecule has 0 saturated carbocycles. The van der Waals surface area contributed by atoms with Crippen LogP contribution in [-0.4, -0.2) is 70.9 Å². The summed E-state index contributed by atoms with van der Waals surface area (Å²) in [7, 11) is 0. The molecule has 140 valence electrons. The van der Waals surface area contributed by atoms with Crippen LogP contribution in [0.5, 0.6) is 0 Å². The van der Waals surface area contributed by atoms with E-state index < -0.39 is 0 Å². The number of nitrogens with one attached hydrogen (secondary N) is 1. The Morgan fingerprint density at radius 3 is 2.56 bits per heavy atom. The van der Waals surface area contributed by atoms with Crippen molar-refractivity contribution in [3.05, 3.63) is 66.3 Å². The number of aromatic nitrogens is 2. The molecule has 1 saturated heterocycles. The molecular formula is C20H23N5O2. The lowest BCUT2D eigenvalue weighted by atomic mass is 10.2. The molecule has 3 rings (SSSR count). The van der Waals surface area contributed by atoms with Crippen molar-refractivity contribution in [1.82, 2.24) is 25.1 Å². The number of benzene rings is 1. The molecule has 0 bridgehead atoms. The summed E-state index contributed by atoms with van der Waals surface area (Å²) in [5, 5.41) is 2.60. The Bertz CT molecular complexity index is 771. The molecule has 1 aromatic heterocycles. The van der Waals surface area contributed by atoms with Crippen LogP contribution in [-0.2, 0) is 4.79 Å². The van der Waals surface area contributed by atoms with E-state index in [9.17, 15) is 9.59 Å². The minimum absolute atomic E-state index is 0.0245. The van der Waals surface area contributed by atoms with Crippen LogP contribution in [0, 0.1) is 0 Å². The lowest BCUT2D eigenvalue weighted by molar-refractivity contribution is -0.131. The fraction of sp³-hybridized carbons (Fsp3) is 0.300. The van der Waals surface area contributed by atoms with Gasteiger partial charge in [-0.05, 0) is 5.56 Å². The maximum Gasteiger partial charge on any atom is 0.271 e. The highest BCUT2D eigenvalue weighted by molar-refractivity contribution is 5.94. The van der Waals surface area contributed by atoms with Crippen LogP contribution in [0.25, 0.3) is 6.08 Å². The first-order valence-corrected chi connectivity index (χ1v) is 8.98. The third-order valence-electron chi connectivity index (χ3n) is 4.39. The average molecular weight is 365 g/mol. The van der Waals surface area contributed by atoms with Gasteiger partial charge in [0.1, 0.15) is 5.69 Å². The van der Waals surface area contributed by atoms with Crippen LogP contribution in [0.3, 0.4) is 0 Å². The van der Waals surface area contributed by atoms with Gasteiger partial charge >= 0.3 is 0 Å². The van der Waals surface area contributed by atoms with E-state index in [0.29, 0.717) is 13.1 Å². The summed E-state index contributed by atoms with van der Waals surface area (Å²) < 4.78 is 0. The maximum absolute atomic E-state index is 12.3. The largest absolute Gasteiger partial charge is 0.342 e. The second kappa shape index (κ2) is 9.59. The lowest BCUT2D eigenvalue weighted by Crippen LogP contribution is -2.51. The van der Waals surface area contributed by atoms with Crippen molar-refractivity contribution < 1.29 is 9.59 Å². The Morgan fingerprint density at radius 2 is 1.85 bits per heavy atom. The van der Waals surface area contributed by atoms with Gasteiger partial charge in [0.2, 0.25) is 5.91 Å². The van der Waals surface area contributed by atoms with Crippen LogP contribution in [0.2, 0.25) is 0 Å². The zero-order chi connectivity index (χ0) is 18.9. The predicted molar refractivity (Wildman–Crippen MR) is 103 cm³/mol. The monoisotopic (exact) mass is 365 g/mol. The minimum atomic E-state index is -0.388. The molecule has 7 heteroatoms. The zero-order valence-corrected chi connectivity index (χ0v) is 15.1. The van der Waals surface area contributed by atoms with Crippen LogP contribution < -0.4 is 5.32 Å². The SMILES string of the molecule is O=C(NCC(=O)N1CCN(C/C=C/c2ccccc2)CC1)c1cnccn1. The molecule has 0 unspecified atom stereocenters. The Kier molecular flexibility index (Phi) is 6.65. The second-order valence-corrected chi connectivity index (χ2v) is 6.27. The quantitative estimate of drug-likeness (QED) is 0.828. The molecule has 0 atom stereocenters. The number of rotatable bonds is 6. The molecule has 0 spiro atoms. The number of hydrogen-bond acceptors (Lipinski definition) is 5. The molecule has 27 heavy (non-hydrogen) atoms. The van der Waals surface area contributed by atoms with Gasteiger partial charge in [-0.1, -0.05) is 42.5 Å². The van der Waals surface area contributed by atoms with Crippen molar-refractivity contribution in [3.8, 4) is 0 Å². The summed E-state index contributed by atoms with van der Waals surface area (Å²) in [5.41, 5.74) is 1.39. The van der Waals surface area contributed by atoms with Gasteiger partial charge in [-0.25, -0.2) is 4.98 Å². The van der Waals surface area contributed by atoms with Gasteiger partial charge < -0.3 is 10.2 Å². The van der Waals surface area contributed by atoms with Crippen molar-refractivity contribution in [3.63, 3.8) is 0 Å². The Labute approximate surface area is 158 Å². The molecule has 7 nitrogen and oxygen atoms in total. The van der Waals surface area contributed by atoms with Crippen molar-refractivity contribution in [2.24, 2.45) is 0 Å². The fourth-order valence-corrected chi connectivity index (χ4v) is 2.86. The maximum atomic E-state index is 12.3. The highest BCUT2D eigenvalue weighted by atomic mass is 16.2. The van der Waals surface area contributed by atoms with Crippen LogP contribution in [0.1, 0.15) is 16.1 Å². The number of carbonyl (C=O) groups is 2. The van der Waals surface area contributed by atoms with Crippen molar-refractivity contribution in [2.75, 3.05) is 39.3 Å². The van der Waals surface area contributed by atoms with E-state index in [-0.39, 0.29) is 24.1 Å². The second-order valence-electron chi connectivity index (χ2n) is 6.27. The molecule has 1 aliphatic heterocycles. The highest BCUT2D eigenvalue weighted by Gasteiger charge is 2.21. The van der Waals surface area contributed by atoms with Gasteiger partial charge in [0, 0.05) is 45.1 Å². The molecule has 1 aliphatic rings. The first kappa shape index (κ1) is 18.7. The molecule has 1 N–H and O–H groups in total. The van der Waals surface area contributed by atoms with E-state index in [2.05, 4.69) is 44.5 Å². The zero-order valence-electron chi connectivity index (χ0n) is 15.1. The van der Waals surface area contributed by atoms with Crippen LogP contribution >= 0.6 is 0 Å². The standard InChI is InChI=1S/C20H23N5O2/c26-19(16-23-20(27)18-15-21-8-9-22-18)25-13-11-24(12-14-25)10-4-7-17-5-2-1-3-6-17/h1-9,15H,10-14,16H2,(H,23,27)/b7-4+. The van der Waals surface area contributed by atoms with Gasteiger partial charge in [-0.15, -0.1) is 0 Å². The van der Waals surface area contributed by atoms with Crippen molar-refractivity contribution in [1.29, 1.82) is 0 Å². The Morgan fingerprint density at radius 1 is 1.07 bits per heavy atom. The molecule has 0 radical (unpaired) electrons. The third kappa shape index (κ3) is 5.72. The van der Waals surface area contributed by atoms with Gasteiger partial charge in [0.15, 0.2) is 0 Å². The first-order valence-electron chi connectivity index (χ1n) is 8.98. The fourth-order valence-electron chi connectivity index (χ4n) is 2.86. The average Bonchev–Trinajstić information content (AvgIpc) is 2.73. The van der Waals surface area contributed by atoms with E-state index in [1.54, 1.807) is 4.90 Å². The summed E-state index contributed by atoms with van der Waals surface area (Å²) >= 11 is 0. The number of amides is 2. The molecule has 0 aliphatic carbocycles. The van der Waals surface area contributed by atoms with Gasteiger partial charge in [0.05, 0.1) is 12.7 Å². The predicted octanol–water partition coefficient (Wildman–Crippen LogP) is 1.06. The van der Waals surface area contributed by atoms with Gasteiger partial charge in [-0.3, -0.25) is 19.5 Å². The molecule has 1 aromatic carbocycles. The number of carbonyl (C=O) groups excluding carboxylic acids is 2. The number of nitrogens with zero attached hydrogens (tertiary/aromatic N) is 4. The summed E-state index contributed by atoms with van der Waals surface area (Å²) in [6.07, 6.45) is 8.58. The van der Waals surface area contributed by atoms with Gasteiger partial charge in [-0.2, -0.15) is 0 Å². The Balaban J connectivity index is 1.37. The molecule has 2 aromatic rings. The Hall–Kier alpha value is -3.06. The van der Waals surface area contributed by atoms with Crippen molar-refractivity contribution in [2.45, 2.75) is 0 Å². The summed E-state index contributed by atoms with van der Waals surface area (Å²) in [6.45, 7) is 3.81. The highest BCUT2D eigenvalue weighted by Crippen LogP contribution is 2.05. The molecule has 2 amide bonds. The normalized spacial score (nSPS) is 15.0.